The van der Waals surface area contributed by atoms with E-state index in [1.54, 1.807) is 0 Å². The number of hydrogen-bond donors (Lipinski definition) is 0. The zero-order valence-corrected chi connectivity index (χ0v) is 12.2. The molecule has 1 atom stereocenters. The lowest BCUT2D eigenvalue weighted by Gasteiger charge is -2.24. The van der Waals surface area contributed by atoms with Gasteiger partial charge in [-0.15, -0.1) is 0 Å². The molecule has 1 fully saturated rings. The number of nitrogens with zero attached hydrogens (tertiary/aromatic N) is 1. The number of esters is 1. The number of methoxy groups -OCH3 is 2. The lowest BCUT2D eigenvalue weighted by Crippen LogP contribution is -2.45. The summed E-state index contributed by atoms with van der Waals surface area (Å²) < 4.78 is 15.3. The molecule has 1 aliphatic rings. The Morgan fingerprint density at radius 1 is 1.24 bits per heavy atom. The fraction of sp³-hybridized carbons (Fsp3) is 0.467. The summed E-state index contributed by atoms with van der Waals surface area (Å²) in [6, 6.07) is 9.42. The van der Waals surface area contributed by atoms with E-state index in [4.69, 9.17) is 14.2 Å². The Morgan fingerprint density at radius 3 is 2.57 bits per heavy atom. The Kier molecular flexibility index (Phi) is 4.80. The molecule has 1 saturated heterocycles. The Labute approximate surface area is 123 Å². The second kappa shape index (κ2) is 6.58. The number of rotatable bonds is 4. The first-order valence-electron chi connectivity index (χ1n) is 6.70. The van der Waals surface area contributed by atoms with E-state index >= 15 is 0 Å². The van der Waals surface area contributed by atoms with Crippen LogP contribution in [0.5, 0.6) is 0 Å². The number of carbonyl (C=O) groups is 2. The summed E-state index contributed by atoms with van der Waals surface area (Å²) >= 11 is 0. The van der Waals surface area contributed by atoms with Crippen LogP contribution < -0.4 is 0 Å². The molecule has 0 aromatic heterocycles. The van der Waals surface area contributed by atoms with Gasteiger partial charge in [0.25, 0.3) is 0 Å². The molecule has 6 nitrogen and oxygen atoms in total. The van der Waals surface area contributed by atoms with Gasteiger partial charge in [-0.3, -0.25) is 0 Å². The third kappa shape index (κ3) is 3.33. The van der Waals surface area contributed by atoms with Gasteiger partial charge in [-0.05, 0) is 5.56 Å². The highest BCUT2D eigenvalue weighted by Crippen LogP contribution is 2.26. The fourth-order valence-electron chi connectivity index (χ4n) is 2.35. The molecular formula is C15H19NO5. The number of benzene rings is 1. The second-order valence-corrected chi connectivity index (χ2v) is 4.90. The third-order valence-corrected chi connectivity index (χ3v) is 3.64. The van der Waals surface area contributed by atoms with Crippen molar-refractivity contribution in [1.82, 2.24) is 4.90 Å². The van der Waals surface area contributed by atoms with E-state index in [0.29, 0.717) is 13.0 Å². The molecule has 21 heavy (non-hydrogen) atoms. The topological polar surface area (TPSA) is 65.1 Å². The number of amides is 1. The Hall–Kier alpha value is -2.08. The average molecular weight is 293 g/mol. The molecule has 0 spiro atoms. The Bertz CT molecular complexity index is 504. The minimum absolute atomic E-state index is 0.143. The van der Waals surface area contributed by atoms with Crippen molar-refractivity contribution in [2.45, 2.75) is 18.6 Å². The zero-order chi connectivity index (χ0) is 15.3. The molecule has 1 aromatic carbocycles. The molecule has 1 amide bonds. The summed E-state index contributed by atoms with van der Waals surface area (Å²) in [6.45, 7) is 0.745. The number of likely N-dealkylation sites (tertiary alicyclic amines) is 1. The predicted molar refractivity (Wildman–Crippen MR) is 74.6 cm³/mol. The highest BCUT2D eigenvalue weighted by molar-refractivity contribution is 5.82. The van der Waals surface area contributed by atoms with Crippen LogP contribution in [0.25, 0.3) is 0 Å². The van der Waals surface area contributed by atoms with Gasteiger partial charge in [0, 0.05) is 20.1 Å². The summed E-state index contributed by atoms with van der Waals surface area (Å²) in [4.78, 5) is 25.3. The van der Waals surface area contributed by atoms with E-state index in [1.165, 1.54) is 19.1 Å². The van der Waals surface area contributed by atoms with E-state index in [0.717, 1.165) is 5.56 Å². The molecule has 2 rings (SSSR count). The normalized spacial score (nSPS) is 21.1. The van der Waals surface area contributed by atoms with E-state index in [1.807, 2.05) is 30.3 Å². The maximum atomic E-state index is 12.0. The first-order chi connectivity index (χ1) is 10.1. The van der Waals surface area contributed by atoms with E-state index in [9.17, 15) is 9.59 Å². The highest BCUT2D eigenvalue weighted by Gasteiger charge is 2.48. The van der Waals surface area contributed by atoms with Gasteiger partial charge in [0.15, 0.2) is 5.60 Å². The Balaban J connectivity index is 1.91. The van der Waals surface area contributed by atoms with Gasteiger partial charge in [0.05, 0.1) is 13.7 Å². The van der Waals surface area contributed by atoms with Gasteiger partial charge in [-0.2, -0.15) is 0 Å². The zero-order valence-electron chi connectivity index (χ0n) is 12.2. The smallest absolute Gasteiger partial charge is 0.410 e. The van der Waals surface area contributed by atoms with E-state index in [2.05, 4.69) is 0 Å². The molecule has 1 heterocycles. The van der Waals surface area contributed by atoms with Crippen molar-refractivity contribution >= 4 is 12.1 Å². The van der Waals surface area contributed by atoms with Crippen molar-refractivity contribution in [2.24, 2.45) is 0 Å². The van der Waals surface area contributed by atoms with Crippen LogP contribution in [0.1, 0.15) is 12.0 Å². The molecule has 0 radical (unpaired) electrons. The predicted octanol–water partition coefficient (Wildman–Crippen LogP) is 1.59. The molecule has 0 aliphatic carbocycles. The summed E-state index contributed by atoms with van der Waals surface area (Å²) in [6.07, 6.45) is -0.0574. The van der Waals surface area contributed by atoms with Crippen molar-refractivity contribution in [1.29, 1.82) is 0 Å². The monoisotopic (exact) mass is 293 g/mol. The SMILES string of the molecule is COC(=O)[C@@]1(OC)CCN(C(=O)OCc2ccccc2)C1. The number of ether oxygens (including phenoxy) is 3. The molecule has 1 aromatic rings. The first kappa shape index (κ1) is 15.3. The number of hydrogen-bond acceptors (Lipinski definition) is 5. The van der Waals surface area contributed by atoms with E-state index < -0.39 is 17.7 Å². The van der Waals surface area contributed by atoms with Gasteiger partial charge in [-0.25, -0.2) is 9.59 Å². The molecule has 6 heteroatoms. The van der Waals surface area contributed by atoms with Gasteiger partial charge in [0.2, 0.25) is 0 Å². The van der Waals surface area contributed by atoms with E-state index in [-0.39, 0.29) is 13.2 Å². The molecule has 0 bridgehead atoms. The lowest BCUT2D eigenvalue weighted by molar-refractivity contribution is -0.164. The highest BCUT2D eigenvalue weighted by atomic mass is 16.6. The third-order valence-electron chi connectivity index (χ3n) is 3.64. The summed E-state index contributed by atoms with van der Waals surface area (Å²) in [5.74, 6) is -0.469. The van der Waals surface area contributed by atoms with Crippen molar-refractivity contribution in [3.63, 3.8) is 0 Å². The number of carbonyl (C=O) groups excluding carboxylic acids is 2. The van der Waals surface area contributed by atoms with Crippen molar-refractivity contribution in [3.8, 4) is 0 Å². The van der Waals surface area contributed by atoms with Gasteiger partial charge in [0.1, 0.15) is 6.61 Å². The summed E-state index contributed by atoms with van der Waals surface area (Å²) in [7, 11) is 2.75. The van der Waals surface area contributed by atoms with Crippen LogP contribution in [0.4, 0.5) is 4.79 Å². The van der Waals surface area contributed by atoms with Crippen LogP contribution >= 0.6 is 0 Å². The summed E-state index contributed by atoms with van der Waals surface area (Å²) in [5, 5.41) is 0. The van der Waals surface area contributed by atoms with Crippen LogP contribution in [0.3, 0.4) is 0 Å². The van der Waals surface area contributed by atoms with Crippen molar-refractivity contribution in [2.75, 3.05) is 27.3 Å². The Morgan fingerprint density at radius 2 is 1.95 bits per heavy atom. The molecule has 0 N–H and O–H groups in total. The molecular weight excluding hydrogens is 274 g/mol. The van der Waals surface area contributed by atoms with Crippen LogP contribution in [-0.4, -0.2) is 49.9 Å². The maximum absolute atomic E-state index is 12.0. The second-order valence-electron chi connectivity index (χ2n) is 4.90. The van der Waals surface area contributed by atoms with Crippen LogP contribution in [0.15, 0.2) is 30.3 Å². The van der Waals surface area contributed by atoms with Crippen LogP contribution in [-0.2, 0) is 25.6 Å². The molecule has 114 valence electrons. The van der Waals surface area contributed by atoms with Crippen LogP contribution in [0, 0.1) is 0 Å². The lowest BCUT2D eigenvalue weighted by atomic mass is 10.0. The van der Waals surface area contributed by atoms with Gasteiger partial charge in [-0.1, -0.05) is 30.3 Å². The molecule has 1 aliphatic heterocycles. The summed E-state index contributed by atoms with van der Waals surface area (Å²) in [5.41, 5.74) is -0.170. The molecule has 0 saturated carbocycles. The van der Waals surface area contributed by atoms with Gasteiger partial charge >= 0.3 is 12.1 Å². The fourth-order valence-corrected chi connectivity index (χ4v) is 2.35. The first-order valence-corrected chi connectivity index (χ1v) is 6.70. The maximum Gasteiger partial charge on any atom is 0.410 e. The van der Waals surface area contributed by atoms with Crippen LogP contribution in [0.2, 0.25) is 0 Å². The van der Waals surface area contributed by atoms with Crippen molar-refractivity contribution in [3.05, 3.63) is 35.9 Å². The van der Waals surface area contributed by atoms with Crippen molar-refractivity contribution < 1.29 is 23.8 Å². The quantitative estimate of drug-likeness (QED) is 0.789. The minimum atomic E-state index is -1.08. The average Bonchev–Trinajstić information content (AvgIpc) is 2.98. The largest absolute Gasteiger partial charge is 0.467 e. The van der Waals surface area contributed by atoms with Gasteiger partial charge < -0.3 is 19.1 Å². The minimum Gasteiger partial charge on any atom is -0.467 e. The molecule has 0 unspecified atom stereocenters. The standard InChI is InChI=1S/C15H19NO5/c1-19-13(17)15(20-2)8-9-16(11-15)14(18)21-10-12-6-4-3-5-7-12/h3-7H,8-11H2,1-2H3/t15-/m1/s1.